The van der Waals surface area contributed by atoms with E-state index in [0.29, 0.717) is 23.5 Å². The molecule has 0 aliphatic rings. The normalized spacial score (nSPS) is 11.4. The summed E-state index contributed by atoms with van der Waals surface area (Å²) in [4.78, 5) is 12.0. The number of methoxy groups -OCH3 is 2. The van der Waals surface area contributed by atoms with E-state index in [1.165, 1.54) is 14.2 Å². The van der Waals surface area contributed by atoms with E-state index in [1.807, 2.05) is 13.0 Å². The predicted molar refractivity (Wildman–Crippen MR) is 63.3 cm³/mol. The Kier molecular flexibility index (Phi) is 4.53. The number of ketones is 1. The molecular weight excluding hydrogens is 218 g/mol. The number of nitriles is 1. The van der Waals surface area contributed by atoms with Crippen molar-refractivity contribution in [2.24, 2.45) is 5.92 Å². The van der Waals surface area contributed by atoms with Crippen molar-refractivity contribution < 1.29 is 14.3 Å². The number of carbonyl (C=O) groups is 1. The minimum atomic E-state index is -0.604. The summed E-state index contributed by atoms with van der Waals surface area (Å²) < 4.78 is 10.2. The SMILES string of the molecule is CCC(C#N)C(=O)c1ccc(OC)c(OC)c1. The third-order valence-electron chi connectivity index (χ3n) is 2.55. The maximum atomic E-state index is 12.0. The van der Waals surface area contributed by atoms with E-state index in [2.05, 4.69) is 0 Å². The summed E-state index contributed by atoms with van der Waals surface area (Å²) in [6, 6.07) is 6.90. The van der Waals surface area contributed by atoms with E-state index in [9.17, 15) is 4.79 Å². The van der Waals surface area contributed by atoms with Crippen molar-refractivity contribution >= 4 is 5.78 Å². The highest BCUT2D eigenvalue weighted by Crippen LogP contribution is 2.28. The van der Waals surface area contributed by atoms with Gasteiger partial charge in [-0.25, -0.2) is 0 Å². The number of benzene rings is 1. The number of rotatable bonds is 5. The summed E-state index contributed by atoms with van der Waals surface area (Å²) >= 11 is 0. The maximum Gasteiger partial charge on any atom is 0.180 e. The summed E-state index contributed by atoms with van der Waals surface area (Å²) in [7, 11) is 3.04. The van der Waals surface area contributed by atoms with Crippen LogP contribution >= 0.6 is 0 Å². The first kappa shape index (κ1) is 13.0. The molecule has 0 aromatic heterocycles. The largest absolute Gasteiger partial charge is 0.493 e. The summed E-state index contributed by atoms with van der Waals surface area (Å²) in [5.41, 5.74) is 0.469. The monoisotopic (exact) mass is 233 g/mol. The number of ether oxygens (including phenoxy) is 2. The van der Waals surface area contributed by atoms with Crippen molar-refractivity contribution in [2.45, 2.75) is 13.3 Å². The highest BCUT2D eigenvalue weighted by atomic mass is 16.5. The lowest BCUT2D eigenvalue weighted by molar-refractivity contribution is 0.0946. The molecule has 0 heterocycles. The van der Waals surface area contributed by atoms with Gasteiger partial charge in [0.2, 0.25) is 0 Å². The molecule has 0 aliphatic heterocycles. The van der Waals surface area contributed by atoms with Crippen LogP contribution in [0.3, 0.4) is 0 Å². The fourth-order valence-electron chi connectivity index (χ4n) is 1.53. The standard InChI is InChI=1S/C13H15NO3/c1-4-9(8-14)13(15)10-5-6-11(16-2)12(7-10)17-3/h5-7,9H,4H2,1-3H3. The molecule has 1 aromatic carbocycles. The van der Waals surface area contributed by atoms with E-state index in [0.717, 1.165) is 0 Å². The van der Waals surface area contributed by atoms with Gasteiger partial charge in [0.15, 0.2) is 17.3 Å². The van der Waals surface area contributed by atoms with Crippen LogP contribution < -0.4 is 9.47 Å². The van der Waals surface area contributed by atoms with E-state index >= 15 is 0 Å². The Hall–Kier alpha value is -2.02. The third-order valence-corrected chi connectivity index (χ3v) is 2.55. The molecule has 17 heavy (non-hydrogen) atoms. The van der Waals surface area contributed by atoms with E-state index in [-0.39, 0.29) is 5.78 Å². The lowest BCUT2D eigenvalue weighted by Gasteiger charge is -2.10. The molecular formula is C13H15NO3. The first-order valence-electron chi connectivity index (χ1n) is 5.33. The second-order valence-corrected chi connectivity index (χ2v) is 3.52. The molecule has 0 amide bonds. The van der Waals surface area contributed by atoms with Crippen LogP contribution in [0.2, 0.25) is 0 Å². The van der Waals surface area contributed by atoms with Gasteiger partial charge in [-0.05, 0) is 24.6 Å². The number of hydrogen-bond acceptors (Lipinski definition) is 4. The van der Waals surface area contributed by atoms with E-state index in [4.69, 9.17) is 14.7 Å². The minimum absolute atomic E-state index is 0.184. The average Bonchev–Trinajstić information content (AvgIpc) is 2.39. The van der Waals surface area contributed by atoms with Crippen LogP contribution in [0.5, 0.6) is 11.5 Å². The lowest BCUT2D eigenvalue weighted by atomic mass is 9.96. The highest BCUT2D eigenvalue weighted by Gasteiger charge is 2.19. The molecule has 1 atom stereocenters. The van der Waals surface area contributed by atoms with Gasteiger partial charge in [0, 0.05) is 5.56 Å². The molecule has 0 bridgehead atoms. The van der Waals surface area contributed by atoms with E-state index in [1.54, 1.807) is 18.2 Å². The Morgan fingerprint density at radius 3 is 2.47 bits per heavy atom. The lowest BCUT2D eigenvalue weighted by Crippen LogP contribution is -2.12. The fourth-order valence-corrected chi connectivity index (χ4v) is 1.53. The Morgan fingerprint density at radius 2 is 2.00 bits per heavy atom. The predicted octanol–water partition coefficient (Wildman–Crippen LogP) is 2.44. The molecule has 4 nitrogen and oxygen atoms in total. The molecule has 90 valence electrons. The zero-order valence-electron chi connectivity index (χ0n) is 10.2. The van der Waals surface area contributed by atoms with E-state index < -0.39 is 5.92 Å². The number of Topliss-reactive ketones (excluding diaryl/α,β-unsaturated/α-hetero) is 1. The van der Waals surface area contributed by atoms with Crippen LogP contribution in [0, 0.1) is 17.2 Å². The first-order valence-corrected chi connectivity index (χ1v) is 5.33. The van der Waals surface area contributed by atoms with Gasteiger partial charge in [0.05, 0.1) is 20.3 Å². The molecule has 0 aliphatic carbocycles. The van der Waals surface area contributed by atoms with Crippen molar-refractivity contribution in [2.75, 3.05) is 14.2 Å². The summed E-state index contributed by atoms with van der Waals surface area (Å²) in [5.74, 6) is 0.268. The maximum absolute atomic E-state index is 12.0. The zero-order valence-corrected chi connectivity index (χ0v) is 10.2. The van der Waals surface area contributed by atoms with Crippen LogP contribution in [-0.4, -0.2) is 20.0 Å². The number of hydrogen-bond donors (Lipinski definition) is 0. The van der Waals surface area contributed by atoms with Gasteiger partial charge in [0.25, 0.3) is 0 Å². The van der Waals surface area contributed by atoms with Crippen molar-refractivity contribution in [3.05, 3.63) is 23.8 Å². The summed E-state index contributed by atoms with van der Waals surface area (Å²) in [6.07, 6.45) is 0.504. The minimum Gasteiger partial charge on any atom is -0.493 e. The molecule has 0 saturated heterocycles. The Morgan fingerprint density at radius 1 is 1.35 bits per heavy atom. The first-order chi connectivity index (χ1) is 8.17. The van der Waals surface area contributed by atoms with Gasteiger partial charge in [-0.1, -0.05) is 6.92 Å². The molecule has 1 rings (SSSR count). The van der Waals surface area contributed by atoms with Gasteiger partial charge in [-0.2, -0.15) is 5.26 Å². The van der Waals surface area contributed by atoms with Gasteiger partial charge in [-0.3, -0.25) is 4.79 Å². The van der Waals surface area contributed by atoms with Crippen LogP contribution in [-0.2, 0) is 0 Å². The quantitative estimate of drug-likeness (QED) is 0.733. The zero-order chi connectivity index (χ0) is 12.8. The molecule has 1 aromatic rings. The molecule has 0 fully saturated rings. The van der Waals surface area contributed by atoms with Gasteiger partial charge in [0.1, 0.15) is 5.92 Å². The molecule has 0 N–H and O–H groups in total. The van der Waals surface area contributed by atoms with Crippen molar-refractivity contribution in [3.63, 3.8) is 0 Å². The number of nitrogens with zero attached hydrogens (tertiary/aromatic N) is 1. The Bertz CT molecular complexity index is 448. The van der Waals surface area contributed by atoms with Gasteiger partial charge in [-0.15, -0.1) is 0 Å². The second-order valence-electron chi connectivity index (χ2n) is 3.52. The molecule has 0 spiro atoms. The highest BCUT2D eigenvalue weighted by molar-refractivity contribution is 5.99. The molecule has 1 unspecified atom stereocenters. The van der Waals surface area contributed by atoms with Crippen molar-refractivity contribution in [1.29, 1.82) is 5.26 Å². The third kappa shape index (κ3) is 2.76. The molecule has 4 heteroatoms. The van der Waals surface area contributed by atoms with Crippen molar-refractivity contribution in [1.82, 2.24) is 0 Å². The van der Waals surface area contributed by atoms with Crippen LogP contribution in [0.4, 0.5) is 0 Å². The van der Waals surface area contributed by atoms with Gasteiger partial charge < -0.3 is 9.47 Å². The molecule has 0 saturated carbocycles. The van der Waals surface area contributed by atoms with Crippen LogP contribution in [0.15, 0.2) is 18.2 Å². The number of carbonyl (C=O) groups excluding carboxylic acids is 1. The Labute approximate surface area is 101 Å². The smallest absolute Gasteiger partial charge is 0.180 e. The summed E-state index contributed by atoms with van der Waals surface area (Å²) in [5, 5.41) is 8.86. The molecule has 0 radical (unpaired) electrons. The Balaban J connectivity index is 3.08. The fraction of sp³-hybridized carbons (Fsp3) is 0.385. The topological polar surface area (TPSA) is 59.3 Å². The van der Waals surface area contributed by atoms with Crippen molar-refractivity contribution in [3.8, 4) is 17.6 Å². The average molecular weight is 233 g/mol. The second kappa shape index (κ2) is 5.90. The van der Waals surface area contributed by atoms with Crippen LogP contribution in [0.25, 0.3) is 0 Å². The van der Waals surface area contributed by atoms with Crippen LogP contribution in [0.1, 0.15) is 23.7 Å². The van der Waals surface area contributed by atoms with Gasteiger partial charge >= 0.3 is 0 Å². The summed E-state index contributed by atoms with van der Waals surface area (Å²) in [6.45, 7) is 1.81.